The van der Waals surface area contributed by atoms with Crippen molar-refractivity contribution in [2.75, 3.05) is 13.6 Å². The summed E-state index contributed by atoms with van der Waals surface area (Å²) in [5.74, 6) is 1.56. The van der Waals surface area contributed by atoms with E-state index >= 15 is 0 Å². The molecule has 19 heavy (non-hydrogen) atoms. The Bertz CT molecular complexity index is 599. The number of ether oxygens (including phenoxy) is 1. The molecule has 2 aromatic rings. The largest absolute Gasteiger partial charge is 0.480 e. The van der Waals surface area contributed by atoms with Crippen molar-refractivity contribution in [2.45, 2.75) is 12.6 Å². The van der Waals surface area contributed by atoms with Gasteiger partial charge in [-0.1, -0.05) is 17.7 Å². The normalized spacial score (nSPS) is 19.2. The van der Waals surface area contributed by atoms with Gasteiger partial charge < -0.3 is 9.15 Å². The summed E-state index contributed by atoms with van der Waals surface area (Å²) in [6.07, 6.45) is 1.58. The lowest BCUT2D eigenvalue weighted by atomic mass is 10.1. The first kappa shape index (κ1) is 13.0. The maximum Gasteiger partial charge on any atom is 0.169 e. The number of benzene rings is 1. The van der Waals surface area contributed by atoms with E-state index < -0.39 is 0 Å². The molecule has 0 bridgehead atoms. The van der Waals surface area contributed by atoms with Crippen LogP contribution in [0, 0.1) is 0 Å². The van der Waals surface area contributed by atoms with Gasteiger partial charge in [-0.3, -0.25) is 4.90 Å². The van der Waals surface area contributed by atoms with Gasteiger partial charge in [0.2, 0.25) is 0 Å². The maximum atomic E-state index is 6.23. The Hall–Kier alpha value is -0.970. The fourth-order valence-corrected chi connectivity index (χ4v) is 2.82. The van der Waals surface area contributed by atoms with Crippen molar-refractivity contribution in [3.63, 3.8) is 0 Å². The van der Waals surface area contributed by atoms with Crippen LogP contribution in [0.15, 0.2) is 39.4 Å². The number of fused-ring (bicyclic) bond motifs is 1. The van der Waals surface area contributed by atoms with E-state index in [9.17, 15) is 0 Å². The molecule has 0 radical (unpaired) electrons. The zero-order chi connectivity index (χ0) is 13.4. The van der Waals surface area contributed by atoms with Crippen molar-refractivity contribution in [3.05, 3.63) is 51.3 Å². The Kier molecular flexibility index (Phi) is 3.56. The molecule has 1 atom stereocenters. The van der Waals surface area contributed by atoms with E-state index in [2.05, 4.69) is 27.9 Å². The van der Waals surface area contributed by atoms with Crippen LogP contribution in [0.25, 0.3) is 0 Å². The second-order valence-corrected chi connectivity index (χ2v) is 5.90. The Balaban J connectivity index is 1.90. The van der Waals surface area contributed by atoms with Crippen molar-refractivity contribution in [3.8, 4) is 5.75 Å². The van der Waals surface area contributed by atoms with Crippen molar-refractivity contribution in [2.24, 2.45) is 0 Å². The van der Waals surface area contributed by atoms with Gasteiger partial charge in [0.05, 0.1) is 11.3 Å². The molecule has 3 nitrogen and oxygen atoms in total. The Morgan fingerprint density at radius 3 is 3.11 bits per heavy atom. The summed E-state index contributed by atoms with van der Waals surface area (Å²) in [7, 11) is 2.06. The number of nitrogens with zero attached hydrogens (tertiary/aromatic N) is 1. The number of likely N-dealkylation sites (N-methyl/N-ethyl adjacent to an activating group) is 1. The number of hydrogen-bond acceptors (Lipinski definition) is 3. The molecule has 3 rings (SSSR count). The van der Waals surface area contributed by atoms with E-state index in [4.69, 9.17) is 20.8 Å². The molecule has 0 aliphatic carbocycles. The molecule has 100 valence electrons. The van der Waals surface area contributed by atoms with Crippen molar-refractivity contribution >= 4 is 27.5 Å². The molecule has 1 aliphatic rings. The quantitative estimate of drug-likeness (QED) is 0.815. The summed E-state index contributed by atoms with van der Waals surface area (Å²) < 4.78 is 12.4. The fourth-order valence-electron chi connectivity index (χ4n) is 2.30. The van der Waals surface area contributed by atoms with Crippen LogP contribution in [0.1, 0.15) is 17.4 Å². The van der Waals surface area contributed by atoms with E-state index in [1.165, 1.54) is 5.56 Å². The molecule has 0 amide bonds. The standard InChI is InChI=1S/C14H13BrClNO2/c1-17-7-9-5-6-18-14(9)12(8-17)19-11-4-2-3-10(15)13(11)16/h2-6,12H,7-8H2,1H3. The van der Waals surface area contributed by atoms with E-state index in [1.807, 2.05) is 24.3 Å². The van der Waals surface area contributed by atoms with Gasteiger partial charge in [-0.2, -0.15) is 0 Å². The van der Waals surface area contributed by atoms with Crippen molar-refractivity contribution in [1.29, 1.82) is 0 Å². The first-order chi connectivity index (χ1) is 9.15. The van der Waals surface area contributed by atoms with Gasteiger partial charge in [0, 0.05) is 23.1 Å². The van der Waals surface area contributed by atoms with Crippen LogP contribution in [-0.4, -0.2) is 18.5 Å². The smallest absolute Gasteiger partial charge is 0.169 e. The molecule has 0 spiro atoms. The number of furan rings is 1. The van der Waals surface area contributed by atoms with E-state index in [-0.39, 0.29) is 6.10 Å². The molecule has 0 saturated carbocycles. The summed E-state index contributed by atoms with van der Waals surface area (Å²) in [4.78, 5) is 2.20. The fraction of sp³-hybridized carbons (Fsp3) is 0.286. The highest BCUT2D eigenvalue weighted by Gasteiger charge is 2.28. The summed E-state index contributed by atoms with van der Waals surface area (Å²) >= 11 is 9.63. The predicted molar refractivity (Wildman–Crippen MR) is 77.6 cm³/mol. The summed E-state index contributed by atoms with van der Waals surface area (Å²) in [5.41, 5.74) is 1.17. The van der Waals surface area contributed by atoms with Gasteiger partial charge >= 0.3 is 0 Å². The minimum atomic E-state index is -0.129. The minimum Gasteiger partial charge on any atom is -0.480 e. The van der Waals surface area contributed by atoms with Crippen LogP contribution < -0.4 is 4.74 Å². The molecule has 0 saturated heterocycles. The van der Waals surface area contributed by atoms with Crippen LogP contribution in [0.4, 0.5) is 0 Å². The van der Waals surface area contributed by atoms with Gasteiger partial charge in [0.1, 0.15) is 11.5 Å². The molecule has 1 aromatic heterocycles. The van der Waals surface area contributed by atoms with Gasteiger partial charge in [0.25, 0.3) is 0 Å². The molecule has 0 N–H and O–H groups in total. The Morgan fingerprint density at radius 2 is 2.26 bits per heavy atom. The van der Waals surface area contributed by atoms with Crippen molar-refractivity contribution in [1.82, 2.24) is 4.90 Å². The lowest BCUT2D eigenvalue weighted by Crippen LogP contribution is -2.32. The minimum absolute atomic E-state index is 0.129. The third-order valence-corrected chi connectivity index (χ3v) is 4.46. The number of hydrogen-bond donors (Lipinski definition) is 0. The lowest BCUT2D eigenvalue weighted by Gasteiger charge is -2.29. The van der Waals surface area contributed by atoms with Crippen LogP contribution in [0.2, 0.25) is 5.02 Å². The Morgan fingerprint density at radius 1 is 1.42 bits per heavy atom. The van der Waals surface area contributed by atoms with Crippen molar-refractivity contribution < 1.29 is 9.15 Å². The molecule has 1 aliphatic heterocycles. The van der Waals surface area contributed by atoms with Gasteiger partial charge in [0.15, 0.2) is 6.10 Å². The number of halogens is 2. The van der Waals surface area contributed by atoms with E-state index in [0.29, 0.717) is 10.8 Å². The van der Waals surface area contributed by atoms with Crippen LogP contribution >= 0.6 is 27.5 Å². The molecular weight excluding hydrogens is 330 g/mol. The molecule has 1 aromatic carbocycles. The molecule has 0 fully saturated rings. The Labute approximate surface area is 125 Å². The topological polar surface area (TPSA) is 25.6 Å². The number of rotatable bonds is 2. The highest BCUT2D eigenvalue weighted by atomic mass is 79.9. The summed E-state index contributed by atoms with van der Waals surface area (Å²) in [6, 6.07) is 7.65. The average molecular weight is 343 g/mol. The summed E-state index contributed by atoms with van der Waals surface area (Å²) in [6.45, 7) is 1.67. The summed E-state index contributed by atoms with van der Waals surface area (Å²) in [5, 5.41) is 0.587. The molecular formula is C14H13BrClNO2. The van der Waals surface area contributed by atoms with E-state index in [0.717, 1.165) is 23.3 Å². The monoisotopic (exact) mass is 341 g/mol. The molecule has 1 unspecified atom stereocenters. The predicted octanol–water partition coefficient (Wildman–Crippen LogP) is 4.26. The maximum absolute atomic E-state index is 6.23. The van der Waals surface area contributed by atoms with Crippen LogP contribution in [0.5, 0.6) is 5.75 Å². The highest BCUT2D eigenvalue weighted by Crippen LogP contribution is 2.37. The molecule has 2 heterocycles. The second-order valence-electron chi connectivity index (χ2n) is 4.67. The van der Waals surface area contributed by atoms with Gasteiger partial charge in [-0.15, -0.1) is 0 Å². The molecule has 5 heteroatoms. The first-order valence-electron chi connectivity index (χ1n) is 6.00. The zero-order valence-corrected chi connectivity index (χ0v) is 12.7. The van der Waals surface area contributed by atoms with Crippen LogP contribution in [-0.2, 0) is 6.54 Å². The zero-order valence-electron chi connectivity index (χ0n) is 10.4. The van der Waals surface area contributed by atoms with Crippen LogP contribution in [0.3, 0.4) is 0 Å². The third kappa shape index (κ3) is 2.53. The average Bonchev–Trinajstić information content (AvgIpc) is 2.83. The van der Waals surface area contributed by atoms with E-state index in [1.54, 1.807) is 6.26 Å². The second kappa shape index (κ2) is 5.19. The van der Waals surface area contributed by atoms with Gasteiger partial charge in [-0.25, -0.2) is 0 Å². The highest BCUT2D eigenvalue weighted by molar-refractivity contribution is 9.10. The third-order valence-electron chi connectivity index (χ3n) is 3.18. The van der Waals surface area contributed by atoms with Gasteiger partial charge in [-0.05, 0) is 41.2 Å². The first-order valence-corrected chi connectivity index (χ1v) is 7.17. The lowest BCUT2D eigenvalue weighted by molar-refractivity contribution is 0.107. The SMILES string of the molecule is CN1Cc2ccoc2C(Oc2cccc(Br)c2Cl)C1.